The topological polar surface area (TPSA) is 107 Å². The Bertz CT molecular complexity index is 1320. The Balaban J connectivity index is 1.36. The average molecular weight is 540 g/mol. The van der Waals surface area contributed by atoms with E-state index < -0.39 is 23.2 Å². The lowest BCUT2D eigenvalue weighted by molar-refractivity contribution is 0.0865. The van der Waals surface area contributed by atoms with Gasteiger partial charge in [-0.2, -0.15) is 0 Å². The SMILES string of the molecule is CC(C)(CN1CCCCC1)NC(=O)c1[nH]cnc1C(=O)Nc1ccc(CC(=O)c2ccc(F)cc2Cl)cc1. The van der Waals surface area contributed by atoms with E-state index in [-0.39, 0.29) is 34.2 Å². The molecule has 0 atom stereocenters. The highest BCUT2D eigenvalue weighted by atomic mass is 35.5. The third kappa shape index (κ3) is 7.05. The van der Waals surface area contributed by atoms with E-state index in [1.807, 2.05) is 13.8 Å². The van der Waals surface area contributed by atoms with E-state index in [1.165, 1.54) is 24.9 Å². The minimum Gasteiger partial charge on any atom is -0.345 e. The molecule has 0 aliphatic carbocycles. The van der Waals surface area contributed by atoms with Crippen LogP contribution in [0, 0.1) is 5.82 Å². The molecule has 2 amide bonds. The number of ketones is 1. The minimum absolute atomic E-state index is 0.0125. The van der Waals surface area contributed by atoms with Crippen LogP contribution in [0.5, 0.6) is 0 Å². The highest BCUT2D eigenvalue weighted by molar-refractivity contribution is 6.34. The highest BCUT2D eigenvalue weighted by Gasteiger charge is 2.28. The molecule has 1 aliphatic heterocycles. The van der Waals surface area contributed by atoms with Crippen LogP contribution in [0.25, 0.3) is 0 Å². The van der Waals surface area contributed by atoms with Crippen molar-refractivity contribution >= 4 is 34.9 Å². The smallest absolute Gasteiger partial charge is 0.276 e. The number of carbonyl (C=O) groups is 3. The van der Waals surface area contributed by atoms with E-state index in [2.05, 4.69) is 25.5 Å². The zero-order valence-corrected chi connectivity index (χ0v) is 22.2. The summed E-state index contributed by atoms with van der Waals surface area (Å²) in [5, 5.41) is 5.82. The Morgan fingerprint density at radius 1 is 1.05 bits per heavy atom. The van der Waals surface area contributed by atoms with Crippen molar-refractivity contribution in [1.82, 2.24) is 20.2 Å². The van der Waals surface area contributed by atoms with Gasteiger partial charge in [-0.3, -0.25) is 14.4 Å². The number of benzene rings is 2. The fourth-order valence-corrected chi connectivity index (χ4v) is 4.89. The summed E-state index contributed by atoms with van der Waals surface area (Å²) in [7, 11) is 0. The maximum atomic E-state index is 13.3. The molecule has 200 valence electrons. The van der Waals surface area contributed by atoms with Crippen LogP contribution >= 0.6 is 11.6 Å². The van der Waals surface area contributed by atoms with E-state index in [0.717, 1.165) is 38.5 Å². The molecule has 1 aliphatic rings. The predicted octanol–water partition coefficient (Wildman–Crippen LogP) is 4.87. The van der Waals surface area contributed by atoms with Crippen LogP contribution in [0.15, 0.2) is 48.8 Å². The minimum atomic E-state index is -0.535. The molecule has 1 saturated heterocycles. The summed E-state index contributed by atoms with van der Waals surface area (Å²) in [5.74, 6) is -1.69. The monoisotopic (exact) mass is 539 g/mol. The number of nitrogens with one attached hydrogen (secondary N) is 3. The summed E-state index contributed by atoms with van der Waals surface area (Å²) >= 11 is 5.99. The van der Waals surface area contributed by atoms with Crippen LogP contribution in [0.4, 0.5) is 10.1 Å². The van der Waals surface area contributed by atoms with Crippen molar-refractivity contribution in [3.8, 4) is 0 Å². The summed E-state index contributed by atoms with van der Waals surface area (Å²) in [5.41, 5.74) is 1.01. The normalized spacial score (nSPS) is 14.2. The number of aromatic amines is 1. The number of Topliss-reactive ketones (excluding diaryl/α,β-unsaturated/α-hetero) is 1. The molecule has 3 aromatic rings. The first-order valence-corrected chi connectivity index (χ1v) is 13.0. The highest BCUT2D eigenvalue weighted by Crippen LogP contribution is 2.21. The van der Waals surface area contributed by atoms with Gasteiger partial charge in [0.05, 0.1) is 11.3 Å². The molecule has 0 spiro atoms. The van der Waals surface area contributed by atoms with Gasteiger partial charge in [0.1, 0.15) is 11.5 Å². The van der Waals surface area contributed by atoms with Crippen LogP contribution in [0.2, 0.25) is 5.02 Å². The molecule has 0 bridgehead atoms. The molecule has 1 fully saturated rings. The molecule has 1 aromatic heterocycles. The standard InChI is InChI=1S/C28H31ClFN5O3/c1-28(2,16-35-12-4-3-5-13-35)34-27(38)25-24(31-17-32-25)26(37)33-20-9-6-18(7-10-20)14-23(36)21-11-8-19(30)15-22(21)29/h6-11,15,17H,3-5,12-14,16H2,1-2H3,(H,31,32)(H,33,37)(H,34,38). The molecular weight excluding hydrogens is 509 g/mol. The average Bonchev–Trinajstić information content (AvgIpc) is 3.36. The fourth-order valence-electron chi connectivity index (χ4n) is 4.62. The molecule has 0 saturated carbocycles. The van der Waals surface area contributed by atoms with E-state index in [9.17, 15) is 18.8 Å². The molecular formula is C28H31ClFN5O3. The van der Waals surface area contributed by atoms with E-state index in [1.54, 1.807) is 24.3 Å². The van der Waals surface area contributed by atoms with Crippen LogP contribution in [-0.2, 0) is 6.42 Å². The van der Waals surface area contributed by atoms with Crippen molar-refractivity contribution in [2.24, 2.45) is 0 Å². The van der Waals surface area contributed by atoms with Gasteiger partial charge in [0.25, 0.3) is 11.8 Å². The van der Waals surface area contributed by atoms with Gasteiger partial charge in [-0.15, -0.1) is 0 Å². The number of hydrogen-bond acceptors (Lipinski definition) is 5. The largest absolute Gasteiger partial charge is 0.345 e. The Morgan fingerprint density at radius 3 is 2.45 bits per heavy atom. The number of likely N-dealkylation sites (tertiary alicyclic amines) is 1. The second-order valence-electron chi connectivity index (χ2n) is 10.2. The fraction of sp³-hybridized carbons (Fsp3) is 0.357. The lowest BCUT2D eigenvalue weighted by atomic mass is 10.0. The lowest BCUT2D eigenvalue weighted by Gasteiger charge is -2.35. The van der Waals surface area contributed by atoms with E-state index in [4.69, 9.17) is 11.6 Å². The number of hydrogen-bond donors (Lipinski definition) is 3. The van der Waals surface area contributed by atoms with Gasteiger partial charge >= 0.3 is 0 Å². The summed E-state index contributed by atoms with van der Waals surface area (Å²) in [6.07, 6.45) is 4.94. The number of rotatable bonds is 9. The number of halogens is 2. The van der Waals surface area contributed by atoms with Gasteiger partial charge in [0, 0.05) is 29.8 Å². The first-order chi connectivity index (χ1) is 18.1. The van der Waals surface area contributed by atoms with Crippen molar-refractivity contribution in [3.05, 3.63) is 82.1 Å². The van der Waals surface area contributed by atoms with Crippen molar-refractivity contribution in [1.29, 1.82) is 0 Å². The number of carbonyl (C=O) groups excluding carboxylic acids is 3. The van der Waals surface area contributed by atoms with Crippen molar-refractivity contribution in [3.63, 3.8) is 0 Å². The molecule has 3 N–H and O–H groups in total. The van der Waals surface area contributed by atoms with Gasteiger partial charge < -0.3 is 20.5 Å². The number of imidazole rings is 1. The van der Waals surface area contributed by atoms with Gasteiger partial charge in [-0.1, -0.05) is 30.2 Å². The van der Waals surface area contributed by atoms with Crippen LogP contribution < -0.4 is 10.6 Å². The Morgan fingerprint density at radius 2 is 1.76 bits per heavy atom. The Kier molecular flexibility index (Phi) is 8.58. The van der Waals surface area contributed by atoms with E-state index >= 15 is 0 Å². The molecule has 38 heavy (non-hydrogen) atoms. The quantitative estimate of drug-likeness (QED) is 0.336. The first kappa shape index (κ1) is 27.5. The predicted molar refractivity (Wildman–Crippen MR) is 144 cm³/mol. The van der Waals surface area contributed by atoms with Gasteiger partial charge in [0.15, 0.2) is 11.5 Å². The number of H-pyrrole nitrogens is 1. The number of anilines is 1. The van der Waals surface area contributed by atoms with Gasteiger partial charge in [-0.25, -0.2) is 9.37 Å². The van der Waals surface area contributed by atoms with Crippen molar-refractivity contribution in [2.75, 3.05) is 25.0 Å². The van der Waals surface area contributed by atoms with Gasteiger partial charge in [-0.05, 0) is 75.7 Å². The molecule has 0 unspecified atom stereocenters. The maximum Gasteiger partial charge on any atom is 0.276 e. The summed E-state index contributed by atoms with van der Waals surface area (Å²) < 4.78 is 13.3. The molecule has 2 aromatic carbocycles. The summed E-state index contributed by atoms with van der Waals surface area (Å²) in [6.45, 7) is 6.68. The number of piperidine rings is 1. The zero-order valence-electron chi connectivity index (χ0n) is 21.4. The van der Waals surface area contributed by atoms with E-state index in [0.29, 0.717) is 11.3 Å². The second kappa shape index (κ2) is 11.9. The third-order valence-electron chi connectivity index (χ3n) is 6.41. The second-order valence-corrected chi connectivity index (χ2v) is 10.6. The van der Waals surface area contributed by atoms with Crippen LogP contribution in [0.3, 0.4) is 0 Å². The molecule has 4 rings (SSSR count). The number of amides is 2. The zero-order chi connectivity index (χ0) is 27.3. The van der Waals surface area contributed by atoms with Crippen LogP contribution in [0.1, 0.15) is 70.0 Å². The lowest BCUT2D eigenvalue weighted by Crippen LogP contribution is -2.52. The maximum absolute atomic E-state index is 13.3. The van der Waals surface area contributed by atoms with Crippen molar-refractivity contribution < 1.29 is 18.8 Å². The van der Waals surface area contributed by atoms with Gasteiger partial charge in [0.2, 0.25) is 0 Å². The third-order valence-corrected chi connectivity index (χ3v) is 6.72. The number of nitrogens with zero attached hydrogens (tertiary/aromatic N) is 2. The van der Waals surface area contributed by atoms with Crippen molar-refractivity contribution in [2.45, 2.75) is 45.1 Å². The molecule has 10 heteroatoms. The van der Waals surface area contributed by atoms with Crippen LogP contribution in [-0.4, -0.2) is 57.6 Å². The summed E-state index contributed by atoms with van der Waals surface area (Å²) in [4.78, 5) is 47.7. The molecule has 8 nitrogen and oxygen atoms in total. The molecule has 0 radical (unpaired) electrons. The Hall–Kier alpha value is -3.56. The Labute approximate surface area is 226 Å². The molecule has 2 heterocycles. The summed E-state index contributed by atoms with van der Waals surface area (Å²) in [6, 6.07) is 10.4. The first-order valence-electron chi connectivity index (χ1n) is 12.6. The number of aromatic nitrogens is 2.